The molecule has 4 nitrogen and oxygen atoms in total. The molecule has 2 aromatic carbocycles. The Morgan fingerprint density at radius 2 is 2.00 bits per heavy atom. The molecule has 1 heterocycles. The van der Waals surface area contributed by atoms with Crippen LogP contribution in [0.25, 0.3) is 11.0 Å². The van der Waals surface area contributed by atoms with E-state index in [4.69, 9.17) is 16.0 Å². The first-order valence-electron chi connectivity index (χ1n) is 8.35. The minimum absolute atomic E-state index is 0.159. The van der Waals surface area contributed by atoms with Crippen molar-refractivity contribution in [2.24, 2.45) is 0 Å². The topological polar surface area (TPSA) is 67.0 Å². The number of rotatable bonds is 5. The van der Waals surface area contributed by atoms with E-state index in [0.29, 0.717) is 23.6 Å². The molecule has 0 spiro atoms. The lowest BCUT2D eigenvalue weighted by Gasteiger charge is -2.13. The Morgan fingerprint density at radius 1 is 1.20 bits per heavy atom. The first-order chi connectivity index (χ1) is 12.0. The van der Waals surface area contributed by atoms with Gasteiger partial charge in [-0.15, -0.1) is 0 Å². The lowest BCUT2D eigenvalue weighted by molar-refractivity contribution is -0.707. The van der Waals surface area contributed by atoms with Crippen LogP contribution in [0.5, 0.6) is 5.75 Å². The van der Waals surface area contributed by atoms with Crippen molar-refractivity contribution in [3.63, 3.8) is 0 Å². The van der Waals surface area contributed by atoms with E-state index in [9.17, 15) is 9.90 Å². The number of hydrogen-bond acceptors (Lipinski definition) is 3. The van der Waals surface area contributed by atoms with Gasteiger partial charge in [-0.25, -0.2) is 4.79 Å². The van der Waals surface area contributed by atoms with E-state index in [0.717, 1.165) is 22.1 Å². The molecule has 3 rings (SSSR count). The number of halogens is 1. The molecule has 0 saturated heterocycles. The van der Waals surface area contributed by atoms with E-state index in [1.54, 1.807) is 0 Å². The molecule has 0 fully saturated rings. The van der Waals surface area contributed by atoms with E-state index in [1.807, 2.05) is 37.3 Å². The zero-order chi connectivity index (χ0) is 18.0. The second kappa shape index (κ2) is 7.30. The van der Waals surface area contributed by atoms with E-state index in [1.165, 1.54) is 12.1 Å². The van der Waals surface area contributed by atoms with Gasteiger partial charge in [0.1, 0.15) is 23.9 Å². The van der Waals surface area contributed by atoms with Gasteiger partial charge >= 0.3 is 5.63 Å². The van der Waals surface area contributed by atoms with Crippen molar-refractivity contribution in [3.05, 3.63) is 74.6 Å². The Balaban J connectivity index is 1.91. The Labute approximate surface area is 151 Å². The van der Waals surface area contributed by atoms with Crippen LogP contribution in [0.2, 0.25) is 5.02 Å². The highest BCUT2D eigenvalue weighted by Gasteiger charge is 2.14. The van der Waals surface area contributed by atoms with Crippen LogP contribution in [0.4, 0.5) is 0 Å². The van der Waals surface area contributed by atoms with Gasteiger partial charge in [0.15, 0.2) is 0 Å². The second-order valence-electron chi connectivity index (χ2n) is 6.20. The standard InChI is InChI=1S/C20H20ClNO3/c1-3-13-8-17-15(9-20(24)25-19(17)10-18(13)23)11-22-12(2)14-5-4-6-16(21)7-14/h4-10,12,22-23H,3,11H2,1-2H3/p+1/t12-/m0/s1. The first-order valence-corrected chi connectivity index (χ1v) is 8.73. The lowest BCUT2D eigenvalue weighted by atomic mass is 10.0. The molecule has 0 bridgehead atoms. The third-order valence-corrected chi connectivity index (χ3v) is 4.71. The molecular weight excluding hydrogens is 338 g/mol. The normalized spacial score (nSPS) is 12.4. The lowest BCUT2D eigenvalue weighted by Crippen LogP contribution is -2.83. The highest BCUT2D eigenvalue weighted by Crippen LogP contribution is 2.26. The van der Waals surface area contributed by atoms with Gasteiger partial charge in [-0.2, -0.15) is 0 Å². The number of aryl methyl sites for hydroxylation is 1. The zero-order valence-corrected chi connectivity index (χ0v) is 15.0. The molecule has 0 aliphatic heterocycles. The van der Waals surface area contributed by atoms with Crippen LogP contribution in [0, 0.1) is 0 Å². The number of benzene rings is 2. The summed E-state index contributed by atoms with van der Waals surface area (Å²) in [7, 11) is 0. The molecule has 1 aromatic heterocycles. The number of phenols is 1. The van der Waals surface area contributed by atoms with Gasteiger partial charge in [0.25, 0.3) is 0 Å². The third kappa shape index (κ3) is 3.86. The monoisotopic (exact) mass is 358 g/mol. The van der Waals surface area contributed by atoms with Crippen LogP contribution in [-0.2, 0) is 13.0 Å². The van der Waals surface area contributed by atoms with Crippen molar-refractivity contribution in [2.75, 3.05) is 0 Å². The van der Waals surface area contributed by atoms with Crippen LogP contribution in [0.15, 0.2) is 51.7 Å². The summed E-state index contributed by atoms with van der Waals surface area (Å²) in [4.78, 5) is 11.8. The van der Waals surface area contributed by atoms with Crippen LogP contribution in [0.1, 0.15) is 36.6 Å². The molecule has 0 saturated carbocycles. The van der Waals surface area contributed by atoms with E-state index >= 15 is 0 Å². The van der Waals surface area contributed by atoms with Crippen molar-refractivity contribution in [1.82, 2.24) is 0 Å². The summed E-state index contributed by atoms with van der Waals surface area (Å²) in [6.45, 7) is 4.71. The Morgan fingerprint density at radius 3 is 2.72 bits per heavy atom. The average Bonchev–Trinajstić information content (AvgIpc) is 2.58. The Kier molecular flexibility index (Phi) is 5.11. The van der Waals surface area contributed by atoms with Crippen molar-refractivity contribution < 1.29 is 14.8 Å². The molecule has 0 amide bonds. The van der Waals surface area contributed by atoms with Crippen LogP contribution >= 0.6 is 11.6 Å². The Bertz CT molecular complexity index is 965. The quantitative estimate of drug-likeness (QED) is 0.685. The van der Waals surface area contributed by atoms with Crippen molar-refractivity contribution in [1.29, 1.82) is 0 Å². The number of phenolic OH excluding ortho intramolecular Hbond substituents is 1. The number of nitrogens with two attached hydrogens (primary N) is 1. The summed E-state index contributed by atoms with van der Waals surface area (Å²) in [6, 6.07) is 12.9. The molecule has 0 unspecified atom stereocenters. The molecule has 5 heteroatoms. The zero-order valence-electron chi connectivity index (χ0n) is 14.3. The fraction of sp³-hybridized carbons (Fsp3) is 0.250. The smallest absolute Gasteiger partial charge is 0.336 e. The minimum atomic E-state index is -0.407. The van der Waals surface area contributed by atoms with Crippen LogP contribution < -0.4 is 10.9 Å². The van der Waals surface area contributed by atoms with Gasteiger partial charge < -0.3 is 14.8 Å². The van der Waals surface area contributed by atoms with Crippen LogP contribution in [-0.4, -0.2) is 5.11 Å². The van der Waals surface area contributed by atoms with Gasteiger partial charge in [-0.3, -0.25) is 0 Å². The van der Waals surface area contributed by atoms with E-state index in [2.05, 4.69) is 12.2 Å². The number of fused-ring (bicyclic) bond motifs is 1. The second-order valence-corrected chi connectivity index (χ2v) is 6.64. The van der Waals surface area contributed by atoms with E-state index in [-0.39, 0.29) is 11.8 Å². The van der Waals surface area contributed by atoms with Crippen molar-refractivity contribution >= 4 is 22.6 Å². The molecule has 3 aromatic rings. The molecule has 0 aliphatic rings. The van der Waals surface area contributed by atoms with Gasteiger partial charge in [0.05, 0.1) is 0 Å². The number of hydrogen-bond donors (Lipinski definition) is 2. The summed E-state index contributed by atoms with van der Waals surface area (Å²) in [6.07, 6.45) is 0.711. The highest BCUT2D eigenvalue weighted by atomic mass is 35.5. The maximum Gasteiger partial charge on any atom is 0.336 e. The summed E-state index contributed by atoms with van der Waals surface area (Å²) >= 11 is 6.06. The number of aromatic hydroxyl groups is 1. The molecule has 130 valence electrons. The predicted molar refractivity (Wildman–Crippen MR) is 99.0 cm³/mol. The summed E-state index contributed by atoms with van der Waals surface area (Å²) in [5.41, 5.74) is 2.88. The average molecular weight is 359 g/mol. The number of quaternary nitrogens is 1. The van der Waals surface area contributed by atoms with Gasteiger partial charge in [-0.1, -0.05) is 30.7 Å². The predicted octanol–water partition coefficient (Wildman–Crippen LogP) is 3.54. The SMILES string of the molecule is CCc1cc2c(C[NH2+][C@@H](C)c3cccc(Cl)c3)cc(=O)oc2cc1O. The van der Waals surface area contributed by atoms with Crippen molar-refractivity contribution in [3.8, 4) is 5.75 Å². The largest absolute Gasteiger partial charge is 0.508 e. The van der Waals surface area contributed by atoms with Crippen molar-refractivity contribution in [2.45, 2.75) is 32.9 Å². The Hall–Kier alpha value is -2.30. The summed E-state index contributed by atoms with van der Waals surface area (Å²) < 4.78 is 5.24. The fourth-order valence-electron chi connectivity index (χ4n) is 2.99. The maximum atomic E-state index is 11.8. The highest BCUT2D eigenvalue weighted by molar-refractivity contribution is 6.30. The minimum Gasteiger partial charge on any atom is -0.508 e. The van der Waals surface area contributed by atoms with Gasteiger partial charge in [0, 0.05) is 33.7 Å². The summed E-state index contributed by atoms with van der Waals surface area (Å²) in [5.74, 6) is 0.159. The van der Waals surface area contributed by atoms with E-state index < -0.39 is 5.63 Å². The molecular formula is C20H21ClNO3+. The van der Waals surface area contributed by atoms with Gasteiger partial charge in [-0.05, 0) is 37.1 Å². The maximum absolute atomic E-state index is 11.8. The molecule has 0 radical (unpaired) electrons. The van der Waals surface area contributed by atoms with Crippen LogP contribution in [0.3, 0.4) is 0 Å². The molecule has 1 atom stereocenters. The third-order valence-electron chi connectivity index (χ3n) is 4.48. The summed E-state index contributed by atoms with van der Waals surface area (Å²) in [5, 5.41) is 13.7. The molecule has 0 aliphatic carbocycles. The first kappa shape index (κ1) is 17.5. The molecule has 3 N–H and O–H groups in total. The molecule has 25 heavy (non-hydrogen) atoms. The fourth-order valence-corrected chi connectivity index (χ4v) is 3.19. The van der Waals surface area contributed by atoms with Gasteiger partial charge in [0.2, 0.25) is 0 Å².